The van der Waals surface area contributed by atoms with Gasteiger partial charge in [-0.15, -0.1) is 0 Å². The minimum absolute atomic E-state index is 0.0245. The van der Waals surface area contributed by atoms with E-state index in [2.05, 4.69) is 10.6 Å². The first kappa shape index (κ1) is 11.3. The second kappa shape index (κ2) is 4.14. The minimum Gasteiger partial charge on any atom is -0.481 e. The first-order valence-corrected chi connectivity index (χ1v) is 6.25. The number of hydrogen-bond acceptors (Lipinski definition) is 2. The van der Waals surface area contributed by atoms with Crippen LogP contribution in [0.2, 0.25) is 0 Å². The van der Waals surface area contributed by atoms with Crippen LogP contribution in [0.4, 0.5) is 0 Å². The zero-order chi connectivity index (χ0) is 12.7. The molecule has 2 aromatic rings. The predicted octanol–water partition coefficient (Wildman–Crippen LogP) is 2.06. The van der Waals surface area contributed by atoms with Crippen LogP contribution in [0.25, 0.3) is 10.9 Å². The number of para-hydroxylation sites is 1. The number of carbonyl (C=O) groups is 1. The number of aliphatic carboxylic acids is 1. The molecule has 0 fully saturated rings. The largest absolute Gasteiger partial charge is 0.481 e. The second-order valence-corrected chi connectivity index (χ2v) is 4.90. The summed E-state index contributed by atoms with van der Waals surface area (Å²) >= 11 is 0. The fraction of sp³-hybridized carbons (Fsp3) is 0.357. The summed E-state index contributed by atoms with van der Waals surface area (Å²) in [6.07, 6.45) is 4.23. The van der Waals surface area contributed by atoms with Crippen LogP contribution in [0.1, 0.15) is 30.0 Å². The smallest absolute Gasteiger partial charge is 0.305 e. The minimum atomic E-state index is -0.852. The van der Waals surface area contributed by atoms with Crippen LogP contribution in [-0.2, 0) is 17.8 Å². The first-order chi connectivity index (χ1) is 8.66. The van der Waals surface area contributed by atoms with Gasteiger partial charge in [0.15, 0.2) is 0 Å². The Labute approximate surface area is 105 Å². The number of carboxylic acid groups (broad SMARTS) is 1. The SMILES string of the molecule is NC(CC(=O)O)c1cn2c3c(cccc13)CCC2. The van der Waals surface area contributed by atoms with Crippen molar-refractivity contribution in [3.63, 3.8) is 0 Å². The Hall–Kier alpha value is -1.81. The Morgan fingerprint density at radius 1 is 1.50 bits per heavy atom. The summed E-state index contributed by atoms with van der Waals surface area (Å²) in [5.41, 5.74) is 9.54. The normalized spacial score (nSPS) is 15.8. The molecule has 0 saturated heterocycles. The van der Waals surface area contributed by atoms with E-state index in [1.807, 2.05) is 18.3 Å². The van der Waals surface area contributed by atoms with Gasteiger partial charge in [0.25, 0.3) is 0 Å². The third-order valence-corrected chi connectivity index (χ3v) is 3.65. The Bertz CT molecular complexity index is 616. The molecule has 3 rings (SSSR count). The third-order valence-electron chi connectivity index (χ3n) is 3.65. The predicted molar refractivity (Wildman–Crippen MR) is 69.4 cm³/mol. The molecule has 94 valence electrons. The van der Waals surface area contributed by atoms with Gasteiger partial charge in [-0.2, -0.15) is 0 Å². The van der Waals surface area contributed by atoms with E-state index in [0.29, 0.717) is 0 Å². The molecule has 2 heterocycles. The highest BCUT2D eigenvalue weighted by Gasteiger charge is 2.20. The van der Waals surface area contributed by atoms with E-state index in [9.17, 15) is 4.79 Å². The van der Waals surface area contributed by atoms with E-state index in [-0.39, 0.29) is 6.42 Å². The molecule has 0 radical (unpaired) electrons. The molecule has 1 aromatic heterocycles. The number of nitrogens with zero attached hydrogens (tertiary/aromatic N) is 1. The maximum atomic E-state index is 10.8. The maximum absolute atomic E-state index is 10.8. The van der Waals surface area contributed by atoms with E-state index >= 15 is 0 Å². The topological polar surface area (TPSA) is 68.2 Å². The Morgan fingerprint density at radius 3 is 3.11 bits per heavy atom. The lowest BCUT2D eigenvalue weighted by atomic mass is 9.99. The van der Waals surface area contributed by atoms with Crippen LogP contribution < -0.4 is 5.73 Å². The van der Waals surface area contributed by atoms with Gasteiger partial charge in [-0.3, -0.25) is 4.79 Å². The molecular weight excluding hydrogens is 228 g/mol. The summed E-state index contributed by atoms with van der Waals surface area (Å²) in [6, 6.07) is 5.78. The molecule has 0 bridgehead atoms. The quantitative estimate of drug-likeness (QED) is 0.868. The van der Waals surface area contributed by atoms with Gasteiger partial charge in [0, 0.05) is 24.2 Å². The van der Waals surface area contributed by atoms with Gasteiger partial charge >= 0.3 is 5.97 Å². The molecule has 1 atom stereocenters. The van der Waals surface area contributed by atoms with Gasteiger partial charge in [0.05, 0.1) is 11.9 Å². The average Bonchev–Trinajstić information content (AvgIpc) is 2.70. The lowest BCUT2D eigenvalue weighted by Gasteiger charge is -2.14. The van der Waals surface area contributed by atoms with Gasteiger partial charge in [0.2, 0.25) is 0 Å². The van der Waals surface area contributed by atoms with Crippen molar-refractivity contribution < 1.29 is 9.90 Å². The Kier molecular flexibility index (Phi) is 2.59. The van der Waals surface area contributed by atoms with E-state index in [0.717, 1.165) is 30.3 Å². The van der Waals surface area contributed by atoms with Crippen LogP contribution in [0, 0.1) is 0 Å². The molecule has 1 aliphatic heterocycles. The number of aryl methyl sites for hydroxylation is 2. The number of hydrogen-bond donors (Lipinski definition) is 2. The van der Waals surface area contributed by atoms with Crippen molar-refractivity contribution in [2.24, 2.45) is 5.73 Å². The van der Waals surface area contributed by atoms with Crippen molar-refractivity contribution in [3.8, 4) is 0 Å². The van der Waals surface area contributed by atoms with E-state index < -0.39 is 12.0 Å². The summed E-state index contributed by atoms with van der Waals surface area (Å²) in [4.78, 5) is 10.8. The van der Waals surface area contributed by atoms with Crippen LogP contribution >= 0.6 is 0 Å². The summed E-state index contributed by atoms with van der Waals surface area (Å²) in [6.45, 7) is 0.993. The molecule has 1 aliphatic rings. The fourth-order valence-electron chi connectivity index (χ4n) is 2.88. The number of benzene rings is 1. The number of rotatable bonds is 3. The van der Waals surface area contributed by atoms with Crippen LogP contribution in [0.3, 0.4) is 0 Å². The molecule has 0 aliphatic carbocycles. The lowest BCUT2D eigenvalue weighted by Crippen LogP contribution is -2.14. The lowest BCUT2D eigenvalue weighted by molar-refractivity contribution is -0.137. The first-order valence-electron chi connectivity index (χ1n) is 6.25. The molecule has 1 unspecified atom stereocenters. The van der Waals surface area contributed by atoms with Crippen LogP contribution in [0.5, 0.6) is 0 Å². The third kappa shape index (κ3) is 1.69. The van der Waals surface area contributed by atoms with E-state index in [4.69, 9.17) is 10.8 Å². The highest BCUT2D eigenvalue weighted by molar-refractivity contribution is 5.88. The van der Waals surface area contributed by atoms with Crippen molar-refractivity contribution in [1.82, 2.24) is 4.57 Å². The summed E-state index contributed by atoms with van der Waals surface area (Å²) in [7, 11) is 0. The molecule has 18 heavy (non-hydrogen) atoms. The molecule has 0 spiro atoms. The molecular formula is C14H16N2O2. The summed E-state index contributed by atoms with van der Waals surface area (Å²) in [5, 5.41) is 9.97. The van der Waals surface area contributed by atoms with Crippen LogP contribution in [-0.4, -0.2) is 15.6 Å². The summed E-state index contributed by atoms with van der Waals surface area (Å²) < 4.78 is 2.21. The molecule has 4 nitrogen and oxygen atoms in total. The molecule has 3 N–H and O–H groups in total. The van der Waals surface area contributed by atoms with Crippen molar-refractivity contribution >= 4 is 16.9 Å². The van der Waals surface area contributed by atoms with Gasteiger partial charge in [0.1, 0.15) is 0 Å². The molecule has 0 amide bonds. The Morgan fingerprint density at radius 2 is 2.33 bits per heavy atom. The second-order valence-electron chi connectivity index (χ2n) is 4.90. The monoisotopic (exact) mass is 244 g/mol. The van der Waals surface area contributed by atoms with Crippen LogP contribution in [0.15, 0.2) is 24.4 Å². The highest BCUT2D eigenvalue weighted by Crippen LogP contribution is 2.32. The van der Waals surface area contributed by atoms with Crippen molar-refractivity contribution in [3.05, 3.63) is 35.5 Å². The number of nitrogens with two attached hydrogens (primary N) is 1. The number of carboxylic acids is 1. The van der Waals surface area contributed by atoms with E-state index in [1.54, 1.807) is 0 Å². The van der Waals surface area contributed by atoms with Gasteiger partial charge in [-0.25, -0.2) is 0 Å². The molecule has 4 heteroatoms. The standard InChI is InChI=1S/C14H16N2O2/c15-12(7-13(17)18)11-8-16-6-2-4-9-3-1-5-10(11)14(9)16/h1,3,5,8,12H,2,4,6-7,15H2,(H,17,18). The van der Waals surface area contributed by atoms with Crippen molar-refractivity contribution in [2.45, 2.75) is 31.8 Å². The zero-order valence-corrected chi connectivity index (χ0v) is 10.1. The maximum Gasteiger partial charge on any atom is 0.305 e. The summed E-state index contributed by atoms with van der Waals surface area (Å²) in [5.74, 6) is -0.852. The zero-order valence-electron chi connectivity index (χ0n) is 10.1. The van der Waals surface area contributed by atoms with Crippen molar-refractivity contribution in [2.75, 3.05) is 0 Å². The molecule has 0 saturated carbocycles. The van der Waals surface area contributed by atoms with Gasteiger partial charge in [-0.05, 0) is 24.0 Å². The Balaban J connectivity index is 2.14. The van der Waals surface area contributed by atoms with Gasteiger partial charge < -0.3 is 15.4 Å². The highest BCUT2D eigenvalue weighted by atomic mass is 16.4. The molecule has 1 aromatic carbocycles. The van der Waals surface area contributed by atoms with Gasteiger partial charge in [-0.1, -0.05) is 18.2 Å². The fourth-order valence-corrected chi connectivity index (χ4v) is 2.88. The number of aromatic nitrogens is 1. The van der Waals surface area contributed by atoms with Crippen molar-refractivity contribution in [1.29, 1.82) is 0 Å². The average molecular weight is 244 g/mol. The van der Waals surface area contributed by atoms with E-state index in [1.165, 1.54) is 11.1 Å².